The first-order chi connectivity index (χ1) is 15.0. The summed E-state index contributed by atoms with van der Waals surface area (Å²) in [5, 5.41) is 16.3. The molecule has 0 fully saturated rings. The Labute approximate surface area is 178 Å². The van der Waals surface area contributed by atoms with Crippen LogP contribution in [0.15, 0.2) is 41.3 Å². The van der Waals surface area contributed by atoms with Gasteiger partial charge in [0, 0.05) is 24.8 Å². The zero-order valence-electron chi connectivity index (χ0n) is 17.2. The van der Waals surface area contributed by atoms with Gasteiger partial charge in [-0.2, -0.15) is 10.4 Å². The molecule has 1 N–H and O–H groups in total. The van der Waals surface area contributed by atoms with Gasteiger partial charge in [-0.3, -0.25) is 9.36 Å². The van der Waals surface area contributed by atoms with Crippen molar-refractivity contribution in [2.24, 2.45) is 0 Å². The Bertz CT molecular complexity index is 1220. The van der Waals surface area contributed by atoms with Crippen LogP contribution in [0.2, 0.25) is 0 Å². The molecule has 4 rings (SSSR count). The Balaban J connectivity index is 1.44. The Morgan fingerprint density at radius 1 is 1.29 bits per heavy atom. The number of nitrogens with one attached hydrogen (secondary N) is 1. The van der Waals surface area contributed by atoms with Crippen molar-refractivity contribution < 1.29 is 9.53 Å². The number of nitriles is 1. The Kier molecular flexibility index (Phi) is 5.80. The van der Waals surface area contributed by atoms with E-state index in [0.717, 1.165) is 37.1 Å². The molecule has 0 saturated heterocycles. The molecule has 158 valence electrons. The Morgan fingerprint density at radius 2 is 2.16 bits per heavy atom. The highest BCUT2D eigenvalue weighted by Crippen LogP contribution is 2.26. The molecule has 9 nitrogen and oxygen atoms in total. The minimum Gasteiger partial charge on any atom is -0.438 e. The number of aryl methyl sites for hydroxylation is 2. The first-order valence-electron chi connectivity index (χ1n) is 10.1. The van der Waals surface area contributed by atoms with Crippen LogP contribution in [0, 0.1) is 18.3 Å². The van der Waals surface area contributed by atoms with Gasteiger partial charge < -0.3 is 10.1 Å². The monoisotopic (exact) mass is 418 g/mol. The van der Waals surface area contributed by atoms with Crippen molar-refractivity contribution >= 4 is 11.6 Å². The second kappa shape index (κ2) is 8.83. The predicted molar refractivity (Wildman–Crippen MR) is 113 cm³/mol. The highest BCUT2D eigenvalue weighted by Gasteiger charge is 2.17. The fourth-order valence-electron chi connectivity index (χ4n) is 3.56. The normalized spacial score (nSPS) is 13.0. The largest absolute Gasteiger partial charge is 0.438 e. The number of amides is 1. The van der Waals surface area contributed by atoms with Gasteiger partial charge in [0.05, 0.1) is 0 Å². The fraction of sp³-hybridized carbons (Fsp3) is 0.318. The van der Waals surface area contributed by atoms with Crippen LogP contribution < -0.4 is 15.7 Å². The van der Waals surface area contributed by atoms with Crippen LogP contribution in [0.25, 0.3) is 0 Å². The second-order valence-electron chi connectivity index (χ2n) is 7.41. The lowest BCUT2D eigenvalue weighted by Gasteiger charge is -2.11. The molecule has 2 aromatic heterocycles. The van der Waals surface area contributed by atoms with Crippen LogP contribution >= 0.6 is 0 Å². The highest BCUT2D eigenvalue weighted by atomic mass is 16.5. The van der Waals surface area contributed by atoms with Crippen molar-refractivity contribution in [3.8, 4) is 17.7 Å². The average Bonchev–Trinajstić information content (AvgIpc) is 2.92. The topological polar surface area (TPSA) is 115 Å². The van der Waals surface area contributed by atoms with Crippen molar-refractivity contribution in [2.45, 2.75) is 45.7 Å². The molecule has 31 heavy (non-hydrogen) atoms. The maximum atomic E-state index is 12.5. The van der Waals surface area contributed by atoms with E-state index in [2.05, 4.69) is 15.4 Å². The van der Waals surface area contributed by atoms with E-state index >= 15 is 0 Å². The molecule has 0 spiro atoms. The van der Waals surface area contributed by atoms with E-state index in [9.17, 15) is 9.59 Å². The summed E-state index contributed by atoms with van der Waals surface area (Å²) in [4.78, 5) is 29.1. The molecule has 0 bridgehead atoms. The van der Waals surface area contributed by atoms with E-state index in [-0.39, 0.29) is 24.0 Å². The van der Waals surface area contributed by atoms with Crippen molar-refractivity contribution in [1.29, 1.82) is 5.26 Å². The second-order valence-corrected chi connectivity index (χ2v) is 7.41. The van der Waals surface area contributed by atoms with Gasteiger partial charge in [-0.15, -0.1) is 0 Å². The number of anilines is 1. The van der Waals surface area contributed by atoms with Gasteiger partial charge in [-0.05, 0) is 55.7 Å². The summed E-state index contributed by atoms with van der Waals surface area (Å²) in [7, 11) is 0. The first-order valence-corrected chi connectivity index (χ1v) is 10.1. The van der Waals surface area contributed by atoms with E-state index in [1.165, 1.54) is 4.68 Å². The van der Waals surface area contributed by atoms with E-state index in [4.69, 9.17) is 10.00 Å². The summed E-state index contributed by atoms with van der Waals surface area (Å²) in [6.07, 6.45) is 5.35. The molecular weight excluding hydrogens is 396 g/mol. The minimum atomic E-state index is -0.330. The van der Waals surface area contributed by atoms with Crippen LogP contribution in [-0.2, 0) is 24.3 Å². The van der Waals surface area contributed by atoms with E-state index in [1.54, 1.807) is 41.1 Å². The van der Waals surface area contributed by atoms with Crippen molar-refractivity contribution in [3.63, 3.8) is 0 Å². The molecule has 1 amide bonds. The third-order valence-electron chi connectivity index (χ3n) is 5.15. The lowest BCUT2D eigenvalue weighted by atomic mass is 10.2. The number of carbonyl (C=O) groups is 1. The smallest absolute Gasteiger partial charge is 0.346 e. The number of fused-ring (bicyclic) bond motifs is 1. The van der Waals surface area contributed by atoms with Gasteiger partial charge in [0.1, 0.15) is 29.8 Å². The molecule has 1 aliphatic heterocycles. The molecule has 0 unspecified atom stereocenters. The zero-order valence-corrected chi connectivity index (χ0v) is 17.2. The van der Waals surface area contributed by atoms with Crippen molar-refractivity contribution in [3.05, 3.63) is 64.0 Å². The Morgan fingerprint density at radius 3 is 2.97 bits per heavy atom. The summed E-state index contributed by atoms with van der Waals surface area (Å²) < 4.78 is 8.61. The van der Waals surface area contributed by atoms with Crippen molar-refractivity contribution in [2.75, 3.05) is 5.32 Å². The number of rotatable bonds is 5. The molecule has 0 radical (unpaired) electrons. The molecule has 1 aromatic carbocycles. The maximum Gasteiger partial charge on any atom is 0.346 e. The molecule has 0 saturated carbocycles. The van der Waals surface area contributed by atoms with Gasteiger partial charge in [-0.25, -0.2) is 14.5 Å². The Hall–Kier alpha value is -3.93. The molecule has 1 aliphatic rings. The maximum absolute atomic E-state index is 12.5. The molecule has 0 aliphatic carbocycles. The lowest BCUT2D eigenvalue weighted by Crippen LogP contribution is -2.30. The zero-order chi connectivity index (χ0) is 21.8. The number of benzene rings is 1. The third-order valence-corrected chi connectivity index (χ3v) is 5.15. The van der Waals surface area contributed by atoms with Crippen LogP contribution in [0.5, 0.6) is 11.6 Å². The minimum absolute atomic E-state index is 0.143. The number of hydrogen-bond acceptors (Lipinski definition) is 6. The standard InChI is InChI=1S/C22H22N6O3/c1-15-12-17(31-21-16(13-23)6-5-10-24-21)8-9-18(15)25-20(29)14-28-22(30)27-11-4-2-3-7-19(27)26-28/h5-6,8-10,12H,2-4,7,11,14H2,1H3,(H,25,29). The molecule has 3 aromatic rings. The number of ether oxygens (including phenoxy) is 1. The van der Waals surface area contributed by atoms with E-state index in [1.807, 2.05) is 13.0 Å². The summed E-state index contributed by atoms with van der Waals surface area (Å²) >= 11 is 0. The van der Waals surface area contributed by atoms with Gasteiger partial charge in [0.25, 0.3) is 0 Å². The van der Waals surface area contributed by atoms with Crippen LogP contribution in [0.1, 0.15) is 36.2 Å². The molecule has 0 atom stereocenters. The molecule has 9 heteroatoms. The number of nitrogens with zero attached hydrogens (tertiary/aromatic N) is 5. The van der Waals surface area contributed by atoms with E-state index < -0.39 is 0 Å². The highest BCUT2D eigenvalue weighted by molar-refractivity contribution is 5.91. The third kappa shape index (κ3) is 4.48. The average molecular weight is 418 g/mol. The predicted octanol–water partition coefficient (Wildman–Crippen LogP) is 2.78. The summed E-state index contributed by atoms with van der Waals surface area (Å²) in [5.41, 5.74) is 1.47. The lowest BCUT2D eigenvalue weighted by molar-refractivity contribution is -0.117. The molecular formula is C22H22N6O3. The van der Waals surface area contributed by atoms with Crippen LogP contribution in [0.3, 0.4) is 0 Å². The quantitative estimate of drug-likeness (QED) is 0.681. The summed E-state index contributed by atoms with van der Waals surface area (Å²) in [6, 6.07) is 10.5. The van der Waals surface area contributed by atoms with Crippen LogP contribution in [0.4, 0.5) is 5.69 Å². The number of pyridine rings is 1. The summed E-state index contributed by atoms with van der Waals surface area (Å²) in [6.45, 7) is 2.34. The van der Waals surface area contributed by atoms with Gasteiger partial charge >= 0.3 is 5.69 Å². The first kappa shape index (κ1) is 20.3. The van der Waals surface area contributed by atoms with E-state index in [0.29, 0.717) is 23.5 Å². The molecule has 3 heterocycles. The number of aromatic nitrogens is 4. The summed E-state index contributed by atoms with van der Waals surface area (Å²) in [5.74, 6) is 1.14. The van der Waals surface area contributed by atoms with Crippen molar-refractivity contribution in [1.82, 2.24) is 19.3 Å². The van der Waals surface area contributed by atoms with Gasteiger partial charge in [-0.1, -0.05) is 6.42 Å². The van der Waals surface area contributed by atoms with Gasteiger partial charge in [0.2, 0.25) is 11.8 Å². The SMILES string of the molecule is Cc1cc(Oc2ncccc2C#N)ccc1NC(=O)Cn1nc2n(c1=O)CCCCC2. The number of hydrogen-bond donors (Lipinski definition) is 1. The van der Waals surface area contributed by atoms with Gasteiger partial charge in [0.15, 0.2) is 0 Å². The fourth-order valence-corrected chi connectivity index (χ4v) is 3.56. The van der Waals surface area contributed by atoms with Crippen LogP contribution in [-0.4, -0.2) is 25.2 Å². The number of carbonyl (C=O) groups excluding carboxylic acids is 1.